The Kier molecular flexibility index (Phi) is 4.12. The second kappa shape index (κ2) is 6.61. The summed E-state index contributed by atoms with van der Waals surface area (Å²) in [4.78, 5) is 12.4. The van der Waals surface area contributed by atoms with Gasteiger partial charge >= 0.3 is 5.97 Å². The summed E-state index contributed by atoms with van der Waals surface area (Å²) in [5, 5.41) is 10.9. The fourth-order valence-electron chi connectivity index (χ4n) is 3.47. The lowest BCUT2D eigenvalue weighted by atomic mass is 10.0. The van der Waals surface area contributed by atoms with Crippen LogP contribution in [0.3, 0.4) is 0 Å². The largest absolute Gasteiger partial charge is 0.464 e. The summed E-state index contributed by atoms with van der Waals surface area (Å²) in [5.74, 6) is -0.398. The van der Waals surface area contributed by atoms with Gasteiger partial charge in [-0.25, -0.2) is 4.79 Å². The zero-order valence-electron chi connectivity index (χ0n) is 14.9. The molecule has 3 N–H and O–H groups in total. The third kappa shape index (κ3) is 2.93. The molecule has 0 aliphatic rings. The summed E-state index contributed by atoms with van der Waals surface area (Å²) < 4.78 is 6.91. The first-order chi connectivity index (χ1) is 13.1. The molecule has 0 saturated carbocycles. The van der Waals surface area contributed by atoms with Gasteiger partial charge in [0, 0.05) is 23.0 Å². The highest BCUT2D eigenvalue weighted by molar-refractivity contribution is 6.01. The topological polar surface area (TPSA) is 81.1 Å². The molecule has 5 nitrogen and oxygen atoms in total. The molecule has 4 aromatic rings. The number of carbonyl (C=O) groups is 1. The number of hydrogen-bond acceptors (Lipinski definition) is 3. The SMILES string of the molecule is COC(=O)c1cc2ccc(C(=N)N)cc2n1Cc1cccc2ccccc12. The average Bonchev–Trinajstić information content (AvgIpc) is 3.05. The molecule has 0 spiro atoms. The summed E-state index contributed by atoms with van der Waals surface area (Å²) >= 11 is 0. The van der Waals surface area contributed by atoms with Gasteiger partial charge < -0.3 is 15.0 Å². The molecule has 27 heavy (non-hydrogen) atoms. The normalized spacial score (nSPS) is 11.0. The third-order valence-corrected chi connectivity index (χ3v) is 4.82. The van der Waals surface area contributed by atoms with Gasteiger partial charge in [0.15, 0.2) is 0 Å². The minimum atomic E-state index is -0.393. The van der Waals surface area contributed by atoms with Crippen LogP contribution in [0.1, 0.15) is 21.6 Å². The first kappa shape index (κ1) is 16.8. The molecule has 0 unspecified atom stereocenters. The van der Waals surface area contributed by atoms with E-state index >= 15 is 0 Å². The number of carbonyl (C=O) groups excluding carboxylic acids is 1. The molecule has 0 aliphatic heterocycles. The maximum atomic E-state index is 12.4. The van der Waals surface area contributed by atoms with E-state index in [1.165, 1.54) is 7.11 Å². The van der Waals surface area contributed by atoms with Crippen molar-refractivity contribution in [1.82, 2.24) is 4.57 Å². The van der Waals surface area contributed by atoms with E-state index in [0.717, 1.165) is 27.2 Å². The number of ether oxygens (including phenoxy) is 1. The number of hydrogen-bond donors (Lipinski definition) is 2. The molecule has 1 aromatic heterocycles. The summed E-state index contributed by atoms with van der Waals surface area (Å²) in [6.45, 7) is 0.511. The Morgan fingerprint density at radius 3 is 2.59 bits per heavy atom. The van der Waals surface area contributed by atoms with E-state index in [1.54, 1.807) is 6.07 Å². The summed E-state index contributed by atoms with van der Waals surface area (Å²) in [6.07, 6.45) is 0. The Balaban J connectivity index is 1.94. The van der Waals surface area contributed by atoms with E-state index < -0.39 is 5.97 Å². The second-order valence-corrected chi connectivity index (χ2v) is 6.43. The van der Waals surface area contributed by atoms with E-state index in [4.69, 9.17) is 15.9 Å². The predicted octanol–water partition coefficient (Wildman–Crippen LogP) is 3.91. The molecule has 134 valence electrons. The number of nitrogens with zero attached hydrogens (tertiary/aromatic N) is 1. The minimum absolute atomic E-state index is 0.00516. The van der Waals surface area contributed by atoms with Crippen molar-refractivity contribution in [3.63, 3.8) is 0 Å². The fraction of sp³-hybridized carbons (Fsp3) is 0.0909. The summed E-state index contributed by atoms with van der Waals surface area (Å²) in [5.41, 5.74) is 8.70. The standard InChI is InChI=1S/C22H19N3O2/c1-27-22(26)20-11-15-9-10-16(21(23)24)12-19(15)25(20)13-17-7-4-6-14-5-2-3-8-18(14)17/h2-12H,13H2,1H3,(H3,23,24). The monoisotopic (exact) mass is 357 g/mol. The van der Waals surface area contributed by atoms with Crippen LogP contribution in [0.2, 0.25) is 0 Å². The van der Waals surface area contributed by atoms with Crippen molar-refractivity contribution in [2.24, 2.45) is 5.73 Å². The van der Waals surface area contributed by atoms with Crippen LogP contribution in [-0.2, 0) is 11.3 Å². The summed E-state index contributed by atoms with van der Waals surface area (Å²) in [6, 6.07) is 21.6. The van der Waals surface area contributed by atoms with Crippen molar-refractivity contribution in [3.8, 4) is 0 Å². The number of fused-ring (bicyclic) bond motifs is 2. The van der Waals surface area contributed by atoms with Gasteiger partial charge in [-0.1, -0.05) is 54.6 Å². The Hall–Kier alpha value is -3.60. The zero-order valence-corrected chi connectivity index (χ0v) is 14.9. The number of benzene rings is 3. The summed E-state index contributed by atoms with van der Waals surface area (Å²) in [7, 11) is 1.38. The smallest absolute Gasteiger partial charge is 0.354 e. The first-order valence-electron chi connectivity index (χ1n) is 8.61. The molecule has 0 amide bonds. The highest BCUT2D eigenvalue weighted by Crippen LogP contribution is 2.26. The molecular weight excluding hydrogens is 338 g/mol. The molecule has 0 atom stereocenters. The quantitative estimate of drug-likeness (QED) is 0.330. The van der Waals surface area contributed by atoms with E-state index in [2.05, 4.69) is 24.3 Å². The van der Waals surface area contributed by atoms with Gasteiger partial charge in [0.25, 0.3) is 0 Å². The number of aromatic nitrogens is 1. The third-order valence-electron chi connectivity index (χ3n) is 4.82. The first-order valence-corrected chi connectivity index (χ1v) is 8.61. The maximum absolute atomic E-state index is 12.4. The Morgan fingerprint density at radius 2 is 1.81 bits per heavy atom. The zero-order chi connectivity index (χ0) is 19.0. The van der Waals surface area contributed by atoms with Crippen LogP contribution in [-0.4, -0.2) is 23.5 Å². The second-order valence-electron chi connectivity index (χ2n) is 6.43. The van der Waals surface area contributed by atoms with Crippen molar-refractivity contribution in [1.29, 1.82) is 5.41 Å². The van der Waals surface area contributed by atoms with E-state index in [0.29, 0.717) is 17.8 Å². The van der Waals surface area contributed by atoms with Crippen LogP contribution in [0.15, 0.2) is 66.7 Å². The number of nitrogens with one attached hydrogen (secondary N) is 1. The van der Waals surface area contributed by atoms with Gasteiger partial charge in [0.1, 0.15) is 11.5 Å². The van der Waals surface area contributed by atoms with Gasteiger partial charge in [-0.2, -0.15) is 0 Å². The molecule has 3 aromatic carbocycles. The van der Waals surface area contributed by atoms with Crippen molar-refractivity contribution in [3.05, 3.63) is 83.6 Å². The van der Waals surface area contributed by atoms with Gasteiger partial charge in [-0.05, 0) is 28.5 Å². The lowest BCUT2D eigenvalue weighted by molar-refractivity contribution is 0.0589. The minimum Gasteiger partial charge on any atom is -0.464 e. The molecule has 0 radical (unpaired) electrons. The number of nitrogens with two attached hydrogens (primary N) is 1. The number of nitrogen functional groups attached to an aromatic ring is 1. The molecule has 0 bridgehead atoms. The Morgan fingerprint density at radius 1 is 1.04 bits per heavy atom. The highest BCUT2D eigenvalue weighted by Gasteiger charge is 2.17. The average molecular weight is 357 g/mol. The van der Waals surface area contributed by atoms with E-state index in [9.17, 15) is 4.79 Å². The fourth-order valence-corrected chi connectivity index (χ4v) is 3.47. The van der Waals surface area contributed by atoms with Gasteiger partial charge in [0.05, 0.1) is 7.11 Å². The lowest BCUT2D eigenvalue weighted by Crippen LogP contribution is -2.13. The van der Waals surface area contributed by atoms with E-state index in [-0.39, 0.29) is 5.84 Å². The van der Waals surface area contributed by atoms with Crippen molar-refractivity contribution >= 4 is 33.5 Å². The number of amidine groups is 1. The number of methoxy groups -OCH3 is 1. The van der Waals surface area contributed by atoms with Gasteiger partial charge in [-0.3, -0.25) is 5.41 Å². The van der Waals surface area contributed by atoms with Gasteiger partial charge in [0.2, 0.25) is 0 Å². The van der Waals surface area contributed by atoms with Crippen LogP contribution in [0.4, 0.5) is 0 Å². The Bertz CT molecular complexity index is 1190. The molecule has 1 heterocycles. The van der Waals surface area contributed by atoms with Crippen LogP contribution >= 0.6 is 0 Å². The lowest BCUT2D eigenvalue weighted by Gasteiger charge is -2.12. The molecule has 4 rings (SSSR count). The molecular formula is C22H19N3O2. The molecule has 0 aliphatic carbocycles. The molecule has 0 saturated heterocycles. The van der Waals surface area contributed by atoms with Crippen molar-refractivity contribution in [2.45, 2.75) is 6.54 Å². The molecule has 5 heteroatoms. The van der Waals surface area contributed by atoms with Crippen molar-refractivity contribution < 1.29 is 9.53 Å². The number of rotatable bonds is 4. The maximum Gasteiger partial charge on any atom is 0.354 e. The predicted molar refractivity (Wildman–Crippen MR) is 107 cm³/mol. The van der Waals surface area contributed by atoms with Crippen LogP contribution in [0.25, 0.3) is 21.7 Å². The van der Waals surface area contributed by atoms with Crippen LogP contribution in [0.5, 0.6) is 0 Å². The van der Waals surface area contributed by atoms with E-state index in [1.807, 2.05) is 41.0 Å². The number of esters is 1. The van der Waals surface area contributed by atoms with Gasteiger partial charge in [-0.15, -0.1) is 0 Å². The molecule has 0 fully saturated rings. The Labute approximate surface area is 156 Å². The van der Waals surface area contributed by atoms with Crippen LogP contribution < -0.4 is 5.73 Å². The van der Waals surface area contributed by atoms with Crippen LogP contribution in [0, 0.1) is 5.41 Å². The highest BCUT2D eigenvalue weighted by atomic mass is 16.5. The van der Waals surface area contributed by atoms with Crippen molar-refractivity contribution in [2.75, 3.05) is 7.11 Å².